The third-order valence-electron chi connectivity index (χ3n) is 6.72. The number of likely N-dealkylation sites (tertiary alicyclic amines) is 2. The molecule has 0 aromatic carbocycles. The summed E-state index contributed by atoms with van der Waals surface area (Å²) in [6.07, 6.45) is 10.3. The van der Waals surface area contributed by atoms with Gasteiger partial charge in [-0.1, -0.05) is 12.8 Å². The number of nitrogens with one attached hydrogen (secondary N) is 1. The van der Waals surface area contributed by atoms with E-state index in [-0.39, 0.29) is 17.5 Å². The van der Waals surface area contributed by atoms with Crippen molar-refractivity contribution in [2.24, 2.45) is 11.7 Å². The molecular formula is C19H36N4O. The topological polar surface area (TPSA) is 61.6 Å². The first-order valence-electron chi connectivity index (χ1n) is 10.0. The fraction of sp³-hybridized carbons (Fsp3) is 0.947. The number of nitrogens with two attached hydrogens (primary N) is 1. The molecule has 1 aliphatic carbocycles. The van der Waals surface area contributed by atoms with Crippen molar-refractivity contribution in [3.8, 4) is 0 Å². The first-order valence-corrected chi connectivity index (χ1v) is 10.0. The molecule has 5 heteroatoms. The molecule has 5 nitrogen and oxygen atoms in total. The molecule has 1 saturated carbocycles. The number of carbonyl (C=O) groups excluding carboxylic acids is 1. The molecule has 0 bridgehead atoms. The minimum atomic E-state index is 0.181. The second-order valence-corrected chi connectivity index (χ2v) is 8.41. The lowest BCUT2D eigenvalue weighted by Crippen LogP contribution is -2.61. The molecule has 2 atom stereocenters. The van der Waals surface area contributed by atoms with E-state index in [0.29, 0.717) is 12.3 Å². The summed E-state index contributed by atoms with van der Waals surface area (Å²) in [7, 11) is 2.21. The van der Waals surface area contributed by atoms with E-state index in [2.05, 4.69) is 22.2 Å². The van der Waals surface area contributed by atoms with Gasteiger partial charge in [0.15, 0.2) is 0 Å². The Kier molecular flexibility index (Phi) is 6.17. The van der Waals surface area contributed by atoms with E-state index in [1.54, 1.807) is 0 Å². The van der Waals surface area contributed by atoms with Crippen molar-refractivity contribution in [2.75, 3.05) is 39.8 Å². The summed E-state index contributed by atoms with van der Waals surface area (Å²) in [5.74, 6) is 0.612. The molecule has 3 fully saturated rings. The fourth-order valence-electron chi connectivity index (χ4n) is 4.90. The zero-order valence-electron chi connectivity index (χ0n) is 15.4. The van der Waals surface area contributed by atoms with Gasteiger partial charge in [0.25, 0.3) is 0 Å². The summed E-state index contributed by atoms with van der Waals surface area (Å²) in [5, 5.41) is 3.30. The molecule has 0 aromatic heterocycles. The first kappa shape index (κ1) is 18.2. The van der Waals surface area contributed by atoms with Crippen LogP contribution in [0.4, 0.5) is 0 Å². The molecule has 3 aliphatic rings. The molecular weight excluding hydrogens is 300 g/mol. The van der Waals surface area contributed by atoms with Crippen molar-refractivity contribution in [1.29, 1.82) is 0 Å². The van der Waals surface area contributed by atoms with Crippen LogP contribution in [0.5, 0.6) is 0 Å². The molecule has 3 N–H and O–H groups in total. The number of rotatable bonds is 5. The van der Waals surface area contributed by atoms with E-state index in [0.717, 1.165) is 32.5 Å². The summed E-state index contributed by atoms with van der Waals surface area (Å²) in [5.41, 5.74) is 6.31. The number of nitrogens with zero attached hydrogens (tertiary/aromatic N) is 2. The van der Waals surface area contributed by atoms with Crippen molar-refractivity contribution in [3.63, 3.8) is 0 Å². The van der Waals surface area contributed by atoms with Gasteiger partial charge in [0, 0.05) is 24.5 Å². The van der Waals surface area contributed by atoms with Crippen molar-refractivity contribution in [2.45, 2.75) is 69.4 Å². The number of piperidine rings is 2. The molecule has 0 unspecified atom stereocenters. The largest absolute Gasteiger partial charge is 0.354 e. The van der Waals surface area contributed by atoms with Gasteiger partial charge >= 0.3 is 0 Å². The lowest BCUT2D eigenvalue weighted by atomic mass is 9.84. The highest BCUT2D eigenvalue weighted by atomic mass is 16.1. The Balaban J connectivity index is 1.56. The average molecular weight is 337 g/mol. The Hall–Kier alpha value is -0.650. The normalized spacial score (nSPS) is 31.9. The van der Waals surface area contributed by atoms with Gasteiger partial charge in [0.05, 0.1) is 0 Å². The SMILES string of the molecule is CN1CCC(CNC(=O)C[C@@H]2CCC[C@H]2N)(N2CCCCC2)CC1. The van der Waals surface area contributed by atoms with Gasteiger partial charge in [0.2, 0.25) is 5.91 Å². The number of carbonyl (C=O) groups is 1. The van der Waals surface area contributed by atoms with Gasteiger partial charge in [0.1, 0.15) is 0 Å². The zero-order chi connectivity index (χ0) is 17.0. The Morgan fingerprint density at radius 3 is 2.42 bits per heavy atom. The standard InChI is InChI=1S/C19H36N4O/c1-22-12-8-19(9-13-22,23-10-3-2-4-11-23)15-21-18(24)14-16-6-5-7-17(16)20/h16-17H,2-15,20H2,1H3,(H,21,24)/t16-,17+/m0/s1. The fourth-order valence-corrected chi connectivity index (χ4v) is 4.90. The summed E-state index contributed by atoms with van der Waals surface area (Å²) in [4.78, 5) is 17.6. The van der Waals surface area contributed by atoms with Crippen LogP contribution in [0.3, 0.4) is 0 Å². The van der Waals surface area contributed by atoms with Crippen LogP contribution in [-0.2, 0) is 4.79 Å². The predicted molar refractivity (Wildman–Crippen MR) is 97.8 cm³/mol. The minimum Gasteiger partial charge on any atom is -0.354 e. The monoisotopic (exact) mass is 336 g/mol. The molecule has 1 amide bonds. The first-order chi connectivity index (χ1) is 11.6. The van der Waals surface area contributed by atoms with Gasteiger partial charge in [-0.2, -0.15) is 0 Å². The van der Waals surface area contributed by atoms with Gasteiger partial charge in [-0.25, -0.2) is 0 Å². The Morgan fingerprint density at radius 2 is 1.79 bits per heavy atom. The Bertz CT molecular complexity index is 414. The van der Waals surface area contributed by atoms with E-state index in [1.165, 1.54) is 51.6 Å². The van der Waals surface area contributed by atoms with E-state index in [9.17, 15) is 4.79 Å². The highest BCUT2D eigenvalue weighted by molar-refractivity contribution is 5.76. The molecule has 2 saturated heterocycles. The second-order valence-electron chi connectivity index (χ2n) is 8.41. The minimum absolute atomic E-state index is 0.181. The van der Waals surface area contributed by atoms with Crippen LogP contribution in [0.15, 0.2) is 0 Å². The lowest BCUT2D eigenvalue weighted by molar-refractivity contribution is -0.123. The van der Waals surface area contributed by atoms with Gasteiger partial charge in [-0.05, 0) is 77.7 Å². The molecule has 0 aromatic rings. The van der Waals surface area contributed by atoms with E-state index >= 15 is 0 Å². The van der Waals surface area contributed by atoms with Gasteiger partial charge < -0.3 is 16.0 Å². The molecule has 0 radical (unpaired) electrons. The van der Waals surface area contributed by atoms with Crippen LogP contribution in [0.1, 0.15) is 57.8 Å². The Morgan fingerprint density at radius 1 is 1.08 bits per heavy atom. The molecule has 2 heterocycles. The Labute approximate surface area is 147 Å². The quantitative estimate of drug-likeness (QED) is 0.800. The molecule has 3 rings (SSSR count). The van der Waals surface area contributed by atoms with E-state index in [1.807, 2.05) is 0 Å². The van der Waals surface area contributed by atoms with Crippen LogP contribution in [0.2, 0.25) is 0 Å². The van der Waals surface area contributed by atoms with E-state index < -0.39 is 0 Å². The zero-order valence-corrected chi connectivity index (χ0v) is 15.4. The molecule has 138 valence electrons. The van der Waals surface area contributed by atoms with Crippen LogP contribution < -0.4 is 11.1 Å². The number of amides is 1. The lowest BCUT2D eigenvalue weighted by Gasteiger charge is -2.50. The van der Waals surface area contributed by atoms with Crippen molar-refractivity contribution in [1.82, 2.24) is 15.1 Å². The maximum atomic E-state index is 12.5. The summed E-state index contributed by atoms with van der Waals surface area (Å²) < 4.78 is 0. The summed E-state index contributed by atoms with van der Waals surface area (Å²) in [6, 6.07) is 0.232. The van der Waals surface area contributed by atoms with Gasteiger partial charge in [-0.15, -0.1) is 0 Å². The van der Waals surface area contributed by atoms with Crippen LogP contribution in [-0.4, -0.2) is 67.1 Å². The highest BCUT2D eigenvalue weighted by Gasteiger charge is 2.40. The van der Waals surface area contributed by atoms with Crippen molar-refractivity contribution in [3.05, 3.63) is 0 Å². The molecule has 2 aliphatic heterocycles. The second kappa shape index (κ2) is 8.15. The van der Waals surface area contributed by atoms with Crippen LogP contribution in [0, 0.1) is 5.92 Å². The summed E-state index contributed by atoms with van der Waals surface area (Å²) in [6.45, 7) is 5.50. The molecule has 0 spiro atoms. The number of hydrogen-bond acceptors (Lipinski definition) is 4. The van der Waals surface area contributed by atoms with Gasteiger partial charge in [-0.3, -0.25) is 9.69 Å². The third kappa shape index (κ3) is 4.30. The molecule has 24 heavy (non-hydrogen) atoms. The maximum Gasteiger partial charge on any atom is 0.220 e. The third-order valence-corrected chi connectivity index (χ3v) is 6.72. The number of hydrogen-bond donors (Lipinski definition) is 2. The van der Waals surface area contributed by atoms with Crippen molar-refractivity contribution >= 4 is 5.91 Å². The summed E-state index contributed by atoms with van der Waals surface area (Å²) >= 11 is 0. The predicted octanol–water partition coefficient (Wildman–Crippen LogP) is 1.57. The van der Waals surface area contributed by atoms with Crippen LogP contribution >= 0.6 is 0 Å². The smallest absolute Gasteiger partial charge is 0.220 e. The highest BCUT2D eigenvalue weighted by Crippen LogP contribution is 2.31. The van der Waals surface area contributed by atoms with Crippen molar-refractivity contribution < 1.29 is 4.79 Å². The average Bonchev–Trinajstić information content (AvgIpc) is 3.00. The maximum absolute atomic E-state index is 12.5. The van der Waals surface area contributed by atoms with Crippen LogP contribution in [0.25, 0.3) is 0 Å². The van der Waals surface area contributed by atoms with E-state index in [4.69, 9.17) is 5.73 Å².